The fourth-order valence-corrected chi connectivity index (χ4v) is 2.43. The van der Waals surface area contributed by atoms with Gasteiger partial charge in [0.2, 0.25) is 0 Å². The minimum absolute atomic E-state index is 0.213. The molecule has 116 valence electrons. The van der Waals surface area contributed by atoms with Crippen LogP contribution in [0, 0.1) is 12.8 Å². The van der Waals surface area contributed by atoms with Crippen molar-refractivity contribution in [3.8, 4) is 11.5 Å². The van der Waals surface area contributed by atoms with Crippen LogP contribution < -0.4 is 14.8 Å². The number of hydrogen-bond acceptors (Lipinski definition) is 6. The fraction of sp³-hybridized carbons (Fsp3) is 0.400. The number of carbonyl (C=O) groups is 1. The molecule has 1 atom stereocenters. The van der Waals surface area contributed by atoms with E-state index in [0.29, 0.717) is 18.8 Å². The molecule has 0 bridgehead atoms. The van der Waals surface area contributed by atoms with Crippen molar-refractivity contribution in [2.45, 2.75) is 13.3 Å². The number of hydrogen-bond donors (Lipinski definition) is 1. The SMILES string of the molecule is COc1ccc2c(c1)OC[C@H](CNC(=O)c1nonc1C)C2. The highest BCUT2D eigenvalue weighted by Crippen LogP contribution is 2.30. The lowest BCUT2D eigenvalue weighted by Crippen LogP contribution is -2.35. The summed E-state index contributed by atoms with van der Waals surface area (Å²) in [5.74, 6) is 1.56. The van der Waals surface area contributed by atoms with Crippen molar-refractivity contribution in [3.05, 3.63) is 35.2 Å². The minimum Gasteiger partial charge on any atom is -0.497 e. The number of rotatable bonds is 4. The van der Waals surface area contributed by atoms with Gasteiger partial charge in [0, 0.05) is 18.5 Å². The molecule has 0 aliphatic carbocycles. The van der Waals surface area contributed by atoms with Crippen LogP contribution in [0.4, 0.5) is 0 Å². The van der Waals surface area contributed by atoms with Crippen molar-refractivity contribution in [3.63, 3.8) is 0 Å². The summed E-state index contributed by atoms with van der Waals surface area (Å²) in [5.41, 5.74) is 1.82. The molecule has 2 heterocycles. The van der Waals surface area contributed by atoms with Crippen LogP contribution in [0.1, 0.15) is 21.7 Å². The Labute approximate surface area is 127 Å². The van der Waals surface area contributed by atoms with E-state index in [-0.39, 0.29) is 17.5 Å². The number of amides is 1. The summed E-state index contributed by atoms with van der Waals surface area (Å²) in [7, 11) is 1.63. The molecule has 1 amide bonds. The Morgan fingerprint density at radius 1 is 1.45 bits per heavy atom. The topological polar surface area (TPSA) is 86.5 Å². The van der Waals surface area contributed by atoms with Gasteiger partial charge in [-0.25, -0.2) is 4.63 Å². The van der Waals surface area contributed by atoms with Crippen molar-refractivity contribution >= 4 is 5.91 Å². The molecular weight excluding hydrogens is 286 g/mol. The largest absolute Gasteiger partial charge is 0.497 e. The number of benzene rings is 1. The number of nitrogens with zero attached hydrogens (tertiary/aromatic N) is 2. The molecule has 1 aliphatic rings. The molecule has 7 nitrogen and oxygen atoms in total. The van der Waals surface area contributed by atoms with E-state index < -0.39 is 0 Å². The van der Waals surface area contributed by atoms with E-state index in [2.05, 4.69) is 20.3 Å². The standard InChI is InChI=1S/C15H17N3O4/c1-9-14(18-22-17-9)15(19)16-7-10-5-11-3-4-12(20-2)6-13(11)21-8-10/h3-4,6,10H,5,7-8H2,1-2H3,(H,16,19)/t10-/m0/s1. The van der Waals surface area contributed by atoms with Crippen molar-refractivity contribution < 1.29 is 18.9 Å². The molecule has 0 saturated carbocycles. The van der Waals surface area contributed by atoms with Crippen molar-refractivity contribution in [2.24, 2.45) is 5.92 Å². The van der Waals surface area contributed by atoms with E-state index in [4.69, 9.17) is 9.47 Å². The zero-order valence-corrected chi connectivity index (χ0v) is 12.5. The summed E-state index contributed by atoms with van der Waals surface area (Å²) >= 11 is 0. The third-order valence-corrected chi connectivity index (χ3v) is 3.68. The number of ether oxygens (including phenoxy) is 2. The second kappa shape index (κ2) is 6.05. The average Bonchev–Trinajstić information content (AvgIpc) is 2.98. The van der Waals surface area contributed by atoms with Gasteiger partial charge in [0.15, 0.2) is 5.69 Å². The third kappa shape index (κ3) is 2.88. The summed E-state index contributed by atoms with van der Waals surface area (Å²) in [6.07, 6.45) is 0.843. The highest BCUT2D eigenvalue weighted by atomic mass is 16.6. The number of methoxy groups -OCH3 is 1. The van der Waals surface area contributed by atoms with Crippen LogP contribution in [0.2, 0.25) is 0 Å². The smallest absolute Gasteiger partial charge is 0.275 e. The van der Waals surface area contributed by atoms with Crippen LogP contribution in [0.3, 0.4) is 0 Å². The third-order valence-electron chi connectivity index (χ3n) is 3.68. The predicted octanol–water partition coefficient (Wildman–Crippen LogP) is 1.37. The summed E-state index contributed by atoms with van der Waals surface area (Å²) in [5, 5.41) is 10.0. The molecule has 1 aromatic heterocycles. The number of aromatic nitrogens is 2. The van der Waals surface area contributed by atoms with E-state index in [1.165, 1.54) is 0 Å². The molecule has 0 radical (unpaired) electrons. The summed E-state index contributed by atoms with van der Waals surface area (Å²) in [6.45, 7) is 2.74. The second-order valence-electron chi connectivity index (χ2n) is 5.26. The van der Waals surface area contributed by atoms with E-state index in [0.717, 1.165) is 23.5 Å². The maximum atomic E-state index is 12.0. The molecule has 1 N–H and O–H groups in total. The molecule has 7 heteroatoms. The molecule has 0 unspecified atom stereocenters. The Bertz CT molecular complexity index is 683. The van der Waals surface area contributed by atoms with Gasteiger partial charge >= 0.3 is 0 Å². The van der Waals surface area contributed by atoms with Crippen molar-refractivity contribution in [1.82, 2.24) is 15.6 Å². The number of carbonyl (C=O) groups excluding carboxylic acids is 1. The minimum atomic E-state index is -0.278. The molecule has 0 saturated heterocycles. The average molecular weight is 303 g/mol. The number of aryl methyl sites for hydroxylation is 1. The van der Waals surface area contributed by atoms with Gasteiger partial charge < -0.3 is 14.8 Å². The predicted molar refractivity (Wildman–Crippen MR) is 77.1 cm³/mol. The maximum Gasteiger partial charge on any atom is 0.275 e. The van der Waals surface area contributed by atoms with Gasteiger partial charge in [0.1, 0.15) is 17.2 Å². The Morgan fingerprint density at radius 2 is 2.32 bits per heavy atom. The first-order valence-corrected chi connectivity index (χ1v) is 7.04. The van der Waals surface area contributed by atoms with Gasteiger partial charge in [-0.3, -0.25) is 4.79 Å². The maximum absolute atomic E-state index is 12.0. The van der Waals surface area contributed by atoms with Crippen LogP contribution in [0.15, 0.2) is 22.8 Å². The zero-order chi connectivity index (χ0) is 15.5. The van der Waals surface area contributed by atoms with Crippen molar-refractivity contribution in [2.75, 3.05) is 20.3 Å². The Morgan fingerprint density at radius 3 is 3.05 bits per heavy atom. The lowest BCUT2D eigenvalue weighted by atomic mass is 9.96. The number of nitrogens with one attached hydrogen (secondary N) is 1. The van der Waals surface area contributed by atoms with Gasteiger partial charge in [-0.2, -0.15) is 0 Å². The molecular formula is C15H17N3O4. The Hall–Kier alpha value is -2.57. The van der Waals surface area contributed by atoms with Crippen LogP contribution in [-0.2, 0) is 6.42 Å². The van der Waals surface area contributed by atoms with Gasteiger partial charge in [-0.15, -0.1) is 0 Å². The van der Waals surface area contributed by atoms with E-state index in [1.807, 2.05) is 18.2 Å². The van der Waals surface area contributed by atoms with Crippen LogP contribution in [-0.4, -0.2) is 36.5 Å². The Kier molecular flexibility index (Phi) is 3.95. The highest BCUT2D eigenvalue weighted by Gasteiger charge is 2.22. The lowest BCUT2D eigenvalue weighted by Gasteiger charge is -2.25. The van der Waals surface area contributed by atoms with Crippen LogP contribution in [0.25, 0.3) is 0 Å². The van der Waals surface area contributed by atoms with Crippen LogP contribution >= 0.6 is 0 Å². The van der Waals surface area contributed by atoms with Gasteiger partial charge in [0.05, 0.1) is 13.7 Å². The Balaban J connectivity index is 1.59. The quantitative estimate of drug-likeness (QED) is 0.918. The van der Waals surface area contributed by atoms with Gasteiger partial charge in [0.25, 0.3) is 5.91 Å². The molecule has 2 aromatic rings. The first-order valence-electron chi connectivity index (χ1n) is 7.04. The zero-order valence-electron chi connectivity index (χ0n) is 12.5. The fourth-order valence-electron chi connectivity index (χ4n) is 2.43. The monoisotopic (exact) mass is 303 g/mol. The van der Waals surface area contributed by atoms with Crippen LogP contribution in [0.5, 0.6) is 11.5 Å². The van der Waals surface area contributed by atoms with E-state index in [9.17, 15) is 4.79 Å². The lowest BCUT2D eigenvalue weighted by molar-refractivity contribution is 0.0929. The van der Waals surface area contributed by atoms with Gasteiger partial charge in [-0.1, -0.05) is 11.2 Å². The first-order chi connectivity index (χ1) is 10.7. The molecule has 0 spiro atoms. The van der Waals surface area contributed by atoms with E-state index in [1.54, 1.807) is 14.0 Å². The number of fused-ring (bicyclic) bond motifs is 1. The first kappa shape index (κ1) is 14.4. The van der Waals surface area contributed by atoms with Crippen molar-refractivity contribution in [1.29, 1.82) is 0 Å². The molecule has 1 aliphatic heterocycles. The molecule has 1 aromatic carbocycles. The van der Waals surface area contributed by atoms with E-state index >= 15 is 0 Å². The molecule has 3 rings (SSSR count). The normalized spacial score (nSPS) is 16.5. The summed E-state index contributed by atoms with van der Waals surface area (Å²) in [4.78, 5) is 12.0. The van der Waals surface area contributed by atoms with Gasteiger partial charge in [-0.05, 0) is 30.1 Å². The second-order valence-corrected chi connectivity index (χ2v) is 5.26. The summed E-state index contributed by atoms with van der Waals surface area (Å²) < 4.78 is 15.5. The molecule has 0 fully saturated rings. The highest BCUT2D eigenvalue weighted by molar-refractivity contribution is 5.92. The molecule has 22 heavy (non-hydrogen) atoms. The summed E-state index contributed by atoms with van der Waals surface area (Å²) in [6, 6.07) is 5.79.